The molecule has 17 unspecified atom stereocenters. The molecule has 1 amide bonds. The number of rotatable bonds is 54. The van der Waals surface area contributed by atoms with Crippen LogP contribution in [0.4, 0.5) is 0 Å². The Morgan fingerprint density at radius 1 is 0.402 bits per heavy atom. The van der Waals surface area contributed by atoms with E-state index in [9.17, 15) is 61.0 Å². The molecule has 3 heterocycles. The van der Waals surface area contributed by atoms with Gasteiger partial charge < -0.3 is 89.9 Å². The van der Waals surface area contributed by atoms with Crippen molar-refractivity contribution >= 4 is 5.91 Å². The van der Waals surface area contributed by atoms with E-state index in [0.29, 0.717) is 6.42 Å². The maximum Gasteiger partial charge on any atom is 0.220 e. The molecule has 12 N–H and O–H groups in total. The van der Waals surface area contributed by atoms with Crippen LogP contribution >= 0.6 is 0 Å². The van der Waals surface area contributed by atoms with Crippen LogP contribution in [0.15, 0.2) is 85.1 Å². The highest BCUT2D eigenvalue weighted by molar-refractivity contribution is 5.76. The van der Waals surface area contributed by atoms with Crippen molar-refractivity contribution in [2.24, 2.45) is 0 Å². The minimum atomic E-state index is -1.98. The maximum absolute atomic E-state index is 13.4. The van der Waals surface area contributed by atoms with Crippen LogP contribution in [0.25, 0.3) is 0 Å². The molecule has 17 atom stereocenters. The Morgan fingerprint density at radius 3 is 1.17 bits per heavy atom. The molecular weight excluding hydrogens is 1180 g/mol. The molecule has 0 aromatic rings. The average Bonchev–Trinajstić information content (AvgIpc) is 0.834. The predicted molar refractivity (Wildman–Crippen MR) is 360 cm³/mol. The molecule has 92 heavy (non-hydrogen) atoms. The van der Waals surface area contributed by atoms with E-state index in [-0.39, 0.29) is 18.9 Å². The highest BCUT2D eigenvalue weighted by Gasteiger charge is 2.53. The fourth-order valence-electron chi connectivity index (χ4n) is 11.7. The van der Waals surface area contributed by atoms with Gasteiger partial charge in [-0.1, -0.05) is 247 Å². The molecule has 0 radical (unpaired) electrons. The zero-order valence-electron chi connectivity index (χ0n) is 56.3. The van der Waals surface area contributed by atoms with Gasteiger partial charge in [0.05, 0.1) is 38.6 Å². The Labute approximate surface area is 552 Å². The molecule has 0 bridgehead atoms. The fourth-order valence-corrected chi connectivity index (χ4v) is 11.7. The summed E-state index contributed by atoms with van der Waals surface area (Å²) in [5, 5.41) is 121. The SMILES string of the molecule is CC/C=C\C/C=C\C/C=C\C/C=C\C/C=C\C/C=C\CCCCCCCCCCCCCCC(=O)NC(COC1OC(CO)C(OC2OC(CO)C(OC3OC(CO)C(O)C(O)C3O)C(O)C2O)C(O)C1O)C(O)/C=C/CCCCCCCCCCCCCCCC. The third kappa shape index (κ3) is 35.3. The van der Waals surface area contributed by atoms with Crippen molar-refractivity contribution in [2.45, 2.75) is 343 Å². The van der Waals surface area contributed by atoms with Crippen LogP contribution in [0.1, 0.15) is 239 Å². The first-order valence-electron chi connectivity index (χ1n) is 35.8. The molecule has 3 saturated heterocycles. The number of aliphatic hydroxyl groups excluding tert-OH is 11. The van der Waals surface area contributed by atoms with Gasteiger partial charge in [-0.05, 0) is 70.6 Å². The summed E-state index contributed by atoms with van der Waals surface area (Å²) >= 11 is 0. The smallest absolute Gasteiger partial charge is 0.220 e. The van der Waals surface area contributed by atoms with Gasteiger partial charge in [0.15, 0.2) is 18.9 Å². The van der Waals surface area contributed by atoms with Crippen LogP contribution in [0.5, 0.6) is 0 Å². The molecule has 3 fully saturated rings. The van der Waals surface area contributed by atoms with E-state index >= 15 is 0 Å². The lowest BCUT2D eigenvalue weighted by atomic mass is 9.96. The number of aliphatic hydroxyl groups is 11. The van der Waals surface area contributed by atoms with Gasteiger partial charge in [-0.3, -0.25) is 4.79 Å². The molecule has 19 heteroatoms. The average molecular weight is 1310 g/mol. The van der Waals surface area contributed by atoms with Crippen LogP contribution in [0.3, 0.4) is 0 Å². The van der Waals surface area contributed by atoms with E-state index in [1.54, 1.807) is 6.08 Å². The van der Waals surface area contributed by atoms with Gasteiger partial charge in [0.2, 0.25) is 5.91 Å². The lowest BCUT2D eigenvalue weighted by molar-refractivity contribution is -0.379. The summed E-state index contributed by atoms with van der Waals surface area (Å²) in [5.74, 6) is -0.280. The minimum Gasteiger partial charge on any atom is -0.394 e. The van der Waals surface area contributed by atoms with Crippen LogP contribution in [0, 0.1) is 0 Å². The predicted octanol–water partition coefficient (Wildman–Crippen LogP) is 9.88. The molecule has 0 aromatic heterocycles. The molecule has 0 saturated carbocycles. The summed E-state index contributed by atoms with van der Waals surface area (Å²) in [6.45, 7) is 1.62. The van der Waals surface area contributed by atoms with E-state index in [1.807, 2.05) is 6.08 Å². The Hall–Kier alpha value is -3.03. The summed E-state index contributed by atoms with van der Waals surface area (Å²) in [6.07, 6.45) is 42.7. The third-order valence-corrected chi connectivity index (χ3v) is 17.4. The molecule has 3 rings (SSSR count). The van der Waals surface area contributed by atoms with Crippen LogP contribution < -0.4 is 5.32 Å². The largest absolute Gasteiger partial charge is 0.394 e. The minimum absolute atomic E-state index is 0.237. The zero-order valence-corrected chi connectivity index (χ0v) is 56.3. The van der Waals surface area contributed by atoms with Crippen molar-refractivity contribution in [3.05, 3.63) is 85.1 Å². The number of nitrogens with one attached hydrogen (secondary N) is 1. The number of carbonyl (C=O) groups is 1. The second kappa shape index (κ2) is 54.0. The van der Waals surface area contributed by atoms with Crippen molar-refractivity contribution in [3.63, 3.8) is 0 Å². The van der Waals surface area contributed by atoms with Crippen LogP contribution in [-0.4, -0.2) is 193 Å². The van der Waals surface area contributed by atoms with Gasteiger partial charge in [-0.25, -0.2) is 0 Å². The van der Waals surface area contributed by atoms with Crippen molar-refractivity contribution in [1.82, 2.24) is 5.32 Å². The van der Waals surface area contributed by atoms with Gasteiger partial charge in [-0.15, -0.1) is 0 Å². The molecule has 3 aliphatic rings. The van der Waals surface area contributed by atoms with Crippen molar-refractivity contribution in [1.29, 1.82) is 0 Å². The van der Waals surface area contributed by atoms with E-state index in [0.717, 1.165) is 96.3 Å². The summed E-state index contributed by atoms with van der Waals surface area (Å²) in [4.78, 5) is 13.4. The Morgan fingerprint density at radius 2 is 0.750 bits per heavy atom. The quantitative estimate of drug-likeness (QED) is 0.0199. The number of amides is 1. The highest BCUT2D eigenvalue weighted by atomic mass is 16.8. The Balaban J connectivity index is 1.39. The van der Waals surface area contributed by atoms with E-state index in [4.69, 9.17) is 28.4 Å². The van der Waals surface area contributed by atoms with Gasteiger partial charge >= 0.3 is 0 Å². The molecule has 0 aliphatic carbocycles. The number of hydrogen-bond donors (Lipinski definition) is 12. The number of allylic oxidation sites excluding steroid dienone is 13. The summed E-state index contributed by atoms with van der Waals surface area (Å²) in [6, 6.07) is -0.979. The molecule has 0 aromatic carbocycles. The third-order valence-electron chi connectivity index (χ3n) is 17.4. The first kappa shape index (κ1) is 83.2. The first-order valence-corrected chi connectivity index (χ1v) is 35.8. The van der Waals surface area contributed by atoms with Crippen molar-refractivity contribution < 1.29 is 89.4 Å². The van der Waals surface area contributed by atoms with Gasteiger partial charge in [0, 0.05) is 6.42 Å². The molecular formula is C73H127NO18. The van der Waals surface area contributed by atoms with Crippen molar-refractivity contribution in [2.75, 3.05) is 26.4 Å². The second-order valence-electron chi connectivity index (χ2n) is 25.3. The van der Waals surface area contributed by atoms with Gasteiger partial charge in [0.25, 0.3) is 0 Å². The topological polar surface area (TPSA) is 307 Å². The summed E-state index contributed by atoms with van der Waals surface area (Å²) in [5.41, 5.74) is 0. The molecule has 532 valence electrons. The van der Waals surface area contributed by atoms with Crippen LogP contribution in [0.2, 0.25) is 0 Å². The fraction of sp³-hybridized carbons (Fsp3) is 0.795. The van der Waals surface area contributed by atoms with Gasteiger partial charge in [-0.2, -0.15) is 0 Å². The normalized spacial score (nSPS) is 28.2. The standard InChI is InChI=1S/C73H127NO18/c1-3-5-7-9-11-13-15-17-19-21-22-23-24-25-26-27-28-29-30-31-32-33-34-35-37-39-41-43-45-47-49-51-61(79)74-56(57(78)50-48-46-44-42-40-38-36-20-18-16-14-12-10-8-6-4-2)55-87-71-67(85)64(82)69(59(53-76)89-71)92-73-68(86)65(83)70(60(54-77)90-73)91-72-66(84)63(81)62(80)58(52-75)88-72/h5,7,11,13,17,19,22-23,25-26,28-29,48,50,56-60,62-73,75-78,80-86H,3-4,6,8-10,12,14-16,18,20-21,24,27,30-47,49,51-55H2,1-2H3,(H,74,79)/b7-5-,13-11-,19-17-,23-22-,26-25-,29-28-,50-48+. The number of hydrogen-bond acceptors (Lipinski definition) is 18. The lowest BCUT2D eigenvalue weighted by Gasteiger charge is -2.48. The van der Waals surface area contributed by atoms with Crippen LogP contribution in [-0.2, 0) is 33.2 Å². The summed E-state index contributed by atoms with van der Waals surface area (Å²) in [7, 11) is 0. The molecule has 0 spiro atoms. The lowest BCUT2D eigenvalue weighted by Crippen LogP contribution is -2.66. The monoisotopic (exact) mass is 1310 g/mol. The van der Waals surface area contributed by atoms with Gasteiger partial charge in [0.1, 0.15) is 73.2 Å². The highest BCUT2D eigenvalue weighted by Crippen LogP contribution is 2.33. The van der Waals surface area contributed by atoms with E-state index < -0.39 is 124 Å². The second-order valence-corrected chi connectivity index (χ2v) is 25.3. The van der Waals surface area contributed by atoms with E-state index in [1.165, 1.54) is 116 Å². The number of carbonyl (C=O) groups excluding carboxylic acids is 1. The Bertz CT molecular complexity index is 2000. The summed E-state index contributed by atoms with van der Waals surface area (Å²) < 4.78 is 34.4. The number of unbranched alkanes of at least 4 members (excludes halogenated alkanes) is 26. The van der Waals surface area contributed by atoms with Crippen molar-refractivity contribution in [3.8, 4) is 0 Å². The zero-order chi connectivity index (χ0) is 66.8. The molecule has 19 nitrogen and oxygen atoms in total. The first-order chi connectivity index (χ1) is 44.8. The molecule has 3 aliphatic heterocycles. The Kier molecular flexibility index (Phi) is 48.9. The maximum atomic E-state index is 13.4. The number of ether oxygens (including phenoxy) is 6. The van der Waals surface area contributed by atoms with E-state index in [2.05, 4.69) is 92.1 Å².